The molecule has 74 valence electrons. The quantitative estimate of drug-likeness (QED) is 0.669. The maximum Gasteiger partial charge on any atom is 0.00467 e. The van der Waals surface area contributed by atoms with Crippen molar-refractivity contribution in [3.05, 3.63) is 0 Å². The predicted octanol–water partition coefficient (Wildman–Crippen LogP) is 3.19. The second kappa shape index (κ2) is 8.06. The average molecular weight is 236 g/mol. The summed E-state index contributed by atoms with van der Waals surface area (Å²) >= 11 is 3.45. The van der Waals surface area contributed by atoms with Crippen molar-refractivity contribution in [1.29, 1.82) is 0 Å². The van der Waals surface area contributed by atoms with E-state index in [1.54, 1.807) is 0 Å². The number of rotatable bonds is 7. The van der Waals surface area contributed by atoms with E-state index in [2.05, 4.69) is 42.0 Å². The van der Waals surface area contributed by atoms with E-state index in [-0.39, 0.29) is 0 Å². The predicted molar refractivity (Wildman–Crippen MR) is 59.9 cm³/mol. The monoisotopic (exact) mass is 235 g/mol. The van der Waals surface area contributed by atoms with Gasteiger partial charge >= 0.3 is 0 Å². The molecule has 0 aromatic rings. The van der Waals surface area contributed by atoms with Gasteiger partial charge in [0.1, 0.15) is 0 Å². The van der Waals surface area contributed by atoms with Gasteiger partial charge in [-0.25, -0.2) is 0 Å². The molecule has 1 atom stereocenters. The van der Waals surface area contributed by atoms with Crippen LogP contribution in [0.2, 0.25) is 0 Å². The smallest absolute Gasteiger partial charge is 0.00467 e. The zero-order valence-corrected chi connectivity index (χ0v) is 10.2. The molecule has 0 bridgehead atoms. The van der Waals surface area contributed by atoms with Crippen molar-refractivity contribution in [3.63, 3.8) is 0 Å². The van der Waals surface area contributed by atoms with Crippen LogP contribution in [0, 0.1) is 5.92 Å². The third kappa shape index (κ3) is 6.01. The summed E-state index contributed by atoms with van der Waals surface area (Å²) in [7, 11) is 0. The van der Waals surface area contributed by atoms with E-state index in [0.29, 0.717) is 6.04 Å². The lowest BCUT2D eigenvalue weighted by atomic mass is 10.0. The molecule has 0 radical (unpaired) electrons. The Morgan fingerprint density at radius 2 is 1.83 bits per heavy atom. The highest BCUT2D eigenvalue weighted by Gasteiger charge is 2.05. The van der Waals surface area contributed by atoms with E-state index in [1.807, 2.05) is 0 Å². The van der Waals surface area contributed by atoms with Crippen molar-refractivity contribution < 1.29 is 0 Å². The van der Waals surface area contributed by atoms with Crippen LogP contribution in [0.3, 0.4) is 0 Å². The molecule has 1 unspecified atom stereocenters. The van der Waals surface area contributed by atoms with Crippen molar-refractivity contribution >= 4 is 15.9 Å². The van der Waals surface area contributed by atoms with Crippen LogP contribution in [0.15, 0.2) is 0 Å². The topological polar surface area (TPSA) is 12.0 Å². The second-order valence-electron chi connectivity index (χ2n) is 3.47. The summed E-state index contributed by atoms with van der Waals surface area (Å²) in [5.74, 6) is 0.864. The molecule has 0 aliphatic heterocycles. The highest BCUT2D eigenvalue weighted by Crippen LogP contribution is 2.06. The van der Waals surface area contributed by atoms with Crippen LogP contribution >= 0.6 is 15.9 Å². The first kappa shape index (κ1) is 12.4. The maximum absolute atomic E-state index is 3.56. The van der Waals surface area contributed by atoms with Gasteiger partial charge < -0.3 is 5.32 Å². The van der Waals surface area contributed by atoms with Gasteiger partial charge in [-0.15, -0.1) is 0 Å². The fourth-order valence-electron chi connectivity index (χ4n) is 1.21. The molecular formula is C10H22BrN. The molecule has 0 aromatic carbocycles. The van der Waals surface area contributed by atoms with Crippen molar-refractivity contribution in [2.24, 2.45) is 5.92 Å². The van der Waals surface area contributed by atoms with Crippen LogP contribution in [-0.2, 0) is 0 Å². The molecular weight excluding hydrogens is 214 g/mol. The lowest BCUT2D eigenvalue weighted by molar-refractivity contribution is 0.414. The van der Waals surface area contributed by atoms with Gasteiger partial charge in [0.05, 0.1) is 0 Å². The molecule has 0 aromatic heterocycles. The SMILES string of the molecule is CCC(CC)CNC(C)CCBr. The molecule has 0 saturated carbocycles. The molecule has 0 rings (SSSR count). The summed E-state index contributed by atoms with van der Waals surface area (Å²) in [6, 6.07) is 0.657. The van der Waals surface area contributed by atoms with Crippen LogP contribution in [0.1, 0.15) is 40.0 Å². The third-order valence-electron chi connectivity index (χ3n) is 2.45. The molecule has 1 N–H and O–H groups in total. The minimum atomic E-state index is 0.657. The zero-order chi connectivity index (χ0) is 9.40. The van der Waals surface area contributed by atoms with E-state index in [9.17, 15) is 0 Å². The summed E-state index contributed by atoms with van der Waals surface area (Å²) in [5, 5.41) is 4.66. The Hall–Kier alpha value is 0.440. The fraction of sp³-hybridized carbons (Fsp3) is 1.00. The van der Waals surface area contributed by atoms with Crippen molar-refractivity contribution in [2.75, 3.05) is 11.9 Å². The van der Waals surface area contributed by atoms with E-state index < -0.39 is 0 Å². The normalized spacial score (nSPS) is 13.8. The number of halogens is 1. The van der Waals surface area contributed by atoms with Gasteiger partial charge in [0.25, 0.3) is 0 Å². The molecule has 1 nitrogen and oxygen atoms in total. The van der Waals surface area contributed by atoms with Gasteiger partial charge in [-0.3, -0.25) is 0 Å². The van der Waals surface area contributed by atoms with Gasteiger partial charge in [0.15, 0.2) is 0 Å². The van der Waals surface area contributed by atoms with Crippen LogP contribution < -0.4 is 5.32 Å². The molecule has 0 amide bonds. The van der Waals surface area contributed by atoms with E-state index in [0.717, 1.165) is 11.2 Å². The van der Waals surface area contributed by atoms with Crippen LogP contribution in [0.5, 0.6) is 0 Å². The van der Waals surface area contributed by atoms with Gasteiger partial charge in [-0.05, 0) is 25.8 Å². The highest BCUT2D eigenvalue weighted by atomic mass is 79.9. The highest BCUT2D eigenvalue weighted by molar-refractivity contribution is 9.09. The Kier molecular flexibility index (Phi) is 8.35. The lowest BCUT2D eigenvalue weighted by Crippen LogP contribution is -2.31. The minimum Gasteiger partial charge on any atom is -0.314 e. The van der Waals surface area contributed by atoms with E-state index in [4.69, 9.17) is 0 Å². The molecule has 12 heavy (non-hydrogen) atoms. The average Bonchev–Trinajstić information content (AvgIpc) is 2.07. The minimum absolute atomic E-state index is 0.657. The first-order valence-electron chi connectivity index (χ1n) is 5.03. The Morgan fingerprint density at radius 3 is 2.25 bits per heavy atom. The molecule has 0 spiro atoms. The first-order valence-corrected chi connectivity index (χ1v) is 6.16. The van der Waals surface area contributed by atoms with Gasteiger partial charge in [0.2, 0.25) is 0 Å². The van der Waals surface area contributed by atoms with Gasteiger partial charge in [-0.2, -0.15) is 0 Å². The summed E-state index contributed by atoms with van der Waals surface area (Å²) < 4.78 is 0. The zero-order valence-electron chi connectivity index (χ0n) is 8.57. The molecule has 0 aliphatic rings. The summed E-state index contributed by atoms with van der Waals surface area (Å²) in [6.07, 6.45) is 3.81. The van der Waals surface area contributed by atoms with Crippen LogP contribution in [-0.4, -0.2) is 17.9 Å². The van der Waals surface area contributed by atoms with Gasteiger partial charge in [-0.1, -0.05) is 42.6 Å². The number of alkyl halides is 1. The molecule has 0 heterocycles. The van der Waals surface area contributed by atoms with Crippen molar-refractivity contribution in [2.45, 2.75) is 46.1 Å². The molecule has 0 aliphatic carbocycles. The number of nitrogens with one attached hydrogen (secondary N) is 1. The Bertz CT molecular complexity index is 91.8. The van der Waals surface area contributed by atoms with E-state index in [1.165, 1.54) is 25.8 Å². The largest absolute Gasteiger partial charge is 0.314 e. The maximum atomic E-state index is 3.56. The summed E-state index contributed by atoms with van der Waals surface area (Å²) in [5.41, 5.74) is 0. The second-order valence-corrected chi connectivity index (χ2v) is 4.26. The summed E-state index contributed by atoms with van der Waals surface area (Å²) in [6.45, 7) is 7.97. The van der Waals surface area contributed by atoms with E-state index >= 15 is 0 Å². The fourth-order valence-corrected chi connectivity index (χ4v) is 1.90. The molecule has 0 fully saturated rings. The number of hydrogen-bond donors (Lipinski definition) is 1. The lowest BCUT2D eigenvalue weighted by Gasteiger charge is -2.17. The Balaban J connectivity index is 3.37. The van der Waals surface area contributed by atoms with Gasteiger partial charge in [0, 0.05) is 11.4 Å². The standard InChI is InChI=1S/C10H22BrN/c1-4-10(5-2)8-12-9(3)6-7-11/h9-10,12H,4-8H2,1-3H3. The molecule has 2 heteroatoms. The van der Waals surface area contributed by atoms with Crippen molar-refractivity contribution in [1.82, 2.24) is 5.32 Å². The van der Waals surface area contributed by atoms with Crippen molar-refractivity contribution in [3.8, 4) is 0 Å². The summed E-state index contributed by atoms with van der Waals surface area (Å²) in [4.78, 5) is 0. The first-order chi connectivity index (χ1) is 5.74. The molecule has 0 saturated heterocycles. The Labute approximate surface area is 85.4 Å². The van der Waals surface area contributed by atoms with Crippen LogP contribution in [0.4, 0.5) is 0 Å². The Morgan fingerprint density at radius 1 is 1.25 bits per heavy atom. The van der Waals surface area contributed by atoms with Crippen LogP contribution in [0.25, 0.3) is 0 Å². The number of hydrogen-bond acceptors (Lipinski definition) is 1. The third-order valence-corrected chi connectivity index (χ3v) is 2.91.